The summed E-state index contributed by atoms with van der Waals surface area (Å²) >= 11 is 0. The van der Waals surface area contributed by atoms with E-state index >= 15 is 0 Å². The van der Waals surface area contributed by atoms with Crippen molar-refractivity contribution in [3.05, 3.63) is 29.8 Å². The molecule has 0 aliphatic heterocycles. The van der Waals surface area contributed by atoms with Gasteiger partial charge in [-0.15, -0.1) is 0 Å². The van der Waals surface area contributed by atoms with Gasteiger partial charge in [0.2, 0.25) is 0 Å². The highest BCUT2D eigenvalue weighted by Crippen LogP contribution is 2.17. The fourth-order valence-electron chi connectivity index (χ4n) is 1.69. The highest BCUT2D eigenvalue weighted by Gasteiger charge is 2.08. The zero-order valence-corrected chi connectivity index (χ0v) is 12.0. The van der Waals surface area contributed by atoms with Gasteiger partial charge in [-0.2, -0.15) is 0 Å². The number of para-hydroxylation sites is 1. The second kappa shape index (κ2) is 7.39. The Kier molecular flexibility index (Phi) is 6.16. The SMILES string of the molecule is COc1ccccc1CCNCCOC(C)(C)C. The lowest BCUT2D eigenvalue weighted by molar-refractivity contribution is -0.000710. The summed E-state index contributed by atoms with van der Waals surface area (Å²) in [5, 5.41) is 3.38. The Morgan fingerprint density at radius 1 is 1.11 bits per heavy atom. The molecule has 0 unspecified atom stereocenters. The van der Waals surface area contributed by atoms with E-state index in [1.54, 1.807) is 7.11 Å². The molecule has 0 saturated heterocycles. The van der Waals surface area contributed by atoms with E-state index in [1.807, 2.05) is 18.2 Å². The van der Waals surface area contributed by atoms with E-state index in [9.17, 15) is 0 Å². The Morgan fingerprint density at radius 2 is 1.83 bits per heavy atom. The van der Waals surface area contributed by atoms with E-state index in [0.717, 1.165) is 31.9 Å². The number of rotatable bonds is 7. The van der Waals surface area contributed by atoms with Crippen LogP contribution in [0.2, 0.25) is 0 Å². The zero-order chi connectivity index (χ0) is 13.4. The molecule has 1 rings (SSSR count). The van der Waals surface area contributed by atoms with Crippen molar-refractivity contribution in [1.29, 1.82) is 0 Å². The van der Waals surface area contributed by atoms with Crippen LogP contribution in [-0.4, -0.2) is 32.4 Å². The van der Waals surface area contributed by atoms with Gasteiger partial charge in [0, 0.05) is 6.54 Å². The van der Waals surface area contributed by atoms with E-state index in [4.69, 9.17) is 9.47 Å². The average molecular weight is 251 g/mol. The molecule has 0 radical (unpaired) electrons. The van der Waals surface area contributed by atoms with Crippen molar-refractivity contribution in [1.82, 2.24) is 5.32 Å². The predicted octanol–water partition coefficient (Wildman–Crippen LogP) is 2.64. The Bertz CT molecular complexity index is 345. The molecule has 1 N–H and O–H groups in total. The molecule has 0 bridgehead atoms. The van der Waals surface area contributed by atoms with Crippen LogP contribution in [0.25, 0.3) is 0 Å². The maximum Gasteiger partial charge on any atom is 0.122 e. The lowest BCUT2D eigenvalue weighted by Crippen LogP contribution is -2.27. The molecule has 102 valence electrons. The van der Waals surface area contributed by atoms with E-state index in [1.165, 1.54) is 5.56 Å². The van der Waals surface area contributed by atoms with E-state index in [-0.39, 0.29) is 5.60 Å². The zero-order valence-electron chi connectivity index (χ0n) is 12.0. The van der Waals surface area contributed by atoms with Gasteiger partial charge in [-0.1, -0.05) is 18.2 Å². The quantitative estimate of drug-likeness (QED) is 0.756. The lowest BCUT2D eigenvalue weighted by atomic mass is 10.1. The lowest BCUT2D eigenvalue weighted by Gasteiger charge is -2.19. The van der Waals surface area contributed by atoms with Crippen LogP contribution in [0, 0.1) is 0 Å². The first-order valence-electron chi connectivity index (χ1n) is 6.49. The second-order valence-corrected chi connectivity index (χ2v) is 5.27. The second-order valence-electron chi connectivity index (χ2n) is 5.27. The van der Waals surface area contributed by atoms with Gasteiger partial charge < -0.3 is 14.8 Å². The standard InChI is InChI=1S/C15H25NO2/c1-15(2,3)18-12-11-16-10-9-13-7-5-6-8-14(13)17-4/h5-8,16H,9-12H2,1-4H3. The topological polar surface area (TPSA) is 30.5 Å². The number of ether oxygens (including phenoxy) is 2. The van der Waals surface area contributed by atoms with Gasteiger partial charge >= 0.3 is 0 Å². The Hall–Kier alpha value is -1.06. The van der Waals surface area contributed by atoms with Crippen molar-refractivity contribution in [3.63, 3.8) is 0 Å². The van der Waals surface area contributed by atoms with E-state index in [0.29, 0.717) is 0 Å². The minimum Gasteiger partial charge on any atom is -0.496 e. The normalized spacial score (nSPS) is 11.6. The van der Waals surface area contributed by atoms with E-state index < -0.39 is 0 Å². The van der Waals surface area contributed by atoms with Crippen LogP contribution in [0.5, 0.6) is 5.75 Å². The molecule has 0 aromatic heterocycles. The molecule has 3 nitrogen and oxygen atoms in total. The van der Waals surface area contributed by atoms with Crippen LogP contribution < -0.4 is 10.1 Å². The third kappa shape index (κ3) is 6.03. The number of methoxy groups -OCH3 is 1. The first-order chi connectivity index (χ1) is 8.53. The summed E-state index contributed by atoms with van der Waals surface area (Å²) in [4.78, 5) is 0. The van der Waals surface area contributed by atoms with Gasteiger partial charge in [0.1, 0.15) is 5.75 Å². The molecule has 0 amide bonds. The third-order valence-electron chi connectivity index (χ3n) is 2.58. The van der Waals surface area contributed by atoms with Crippen molar-refractivity contribution in [2.45, 2.75) is 32.8 Å². The predicted molar refractivity (Wildman–Crippen MR) is 75.3 cm³/mol. The van der Waals surface area contributed by atoms with Crippen LogP contribution in [0.4, 0.5) is 0 Å². The number of nitrogens with one attached hydrogen (secondary N) is 1. The minimum absolute atomic E-state index is 0.0513. The van der Waals surface area contributed by atoms with Gasteiger partial charge in [-0.05, 0) is 45.4 Å². The van der Waals surface area contributed by atoms with Crippen LogP contribution in [-0.2, 0) is 11.2 Å². The van der Waals surface area contributed by atoms with Crippen molar-refractivity contribution in [3.8, 4) is 5.75 Å². The number of hydrogen-bond acceptors (Lipinski definition) is 3. The summed E-state index contributed by atoms with van der Waals surface area (Å²) in [6.07, 6.45) is 0.972. The van der Waals surface area contributed by atoms with Crippen LogP contribution >= 0.6 is 0 Å². The molecule has 0 atom stereocenters. The summed E-state index contributed by atoms with van der Waals surface area (Å²) in [6.45, 7) is 8.78. The molecule has 3 heteroatoms. The first-order valence-corrected chi connectivity index (χ1v) is 6.49. The molecule has 0 fully saturated rings. The summed E-state index contributed by atoms with van der Waals surface area (Å²) < 4.78 is 11.0. The number of benzene rings is 1. The maximum atomic E-state index is 5.64. The van der Waals surface area contributed by atoms with Gasteiger partial charge in [0.25, 0.3) is 0 Å². The van der Waals surface area contributed by atoms with Crippen molar-refractivity contribution < 1.29 is 9.47 Å². The summed E-state index contributed by atoms with van der Waals surface area (Å²) in [7, 11) is 1.71. The largest absolute Gasteiger partial charge is 0.496 e. The maximum absolute atomic E-state index is 5.64. The molecule has 18 heavy (non-hydrogen) atoms. The summed E-state index contributed by atoms with van der Waals surface area (Å²) in [5.41, 5.74) is 1.19. The summed E-state index contributed by atoms with van der Waals surface area (Å²) in [6, 6.07) is 8.14. The fourth-order valence-corrected chi connectivity index (χ4v) is 1.69. The molecule has 0 aliphatic carbocycles. The van der Waals surface area contributed by atoms with Crippen LogP contribution in [0.3, 0.4) is 0 Å². The molecule has 0 heterocycles. The third-order valence-corrected chi connectivity index (χ3v) is 2.58. The van der Waals surface area contributed by atoms with Gasteiger partial charge in [-0.25, -0.2) is 0 Å². The minimum atomic E-state index is -0.0513. The van der Waals surface area contributed by atoms with Crippen LogP contribution in [0.1, 0.15) is 26.3 Å². The first kappa shape index (κ1) is 15.0. The molecular weight excluding hydrogens is 226 g/mol. The van der Waals surface area contributed by atoms with Gasteiger partial charge in [0.05, 0.1) is 19.3 Å². The molecular formula is C15H25NO2. The fraction of sp³-hybridized carbons (Fsp3) is 0.600. The smallest absolute Gasteiger partial charge is 0.122 e. The van der Waals surface area contributed by atoms with E-state index in [2.05, 4.69) is 32.2 Å². The molecule has 0 saturated carbocycles. The van der Waals surface area contributed by atoms with Crippen molar-refractivity contribution in [2.75, 3.05) is 26.8 Å². The van der Waals surface area contributed by atoms with Crippen molar-refractivity contribution in [2.24, 2.45) is 0 Å². The molecule has 0 spiro atoms. The monoisotopic (exact) mass is 251 g/mol. The van der Waals surface area contributed by atoms with Gasteiger partial charge in [-0.3, -0.25) is 0 Å². The Labute approximate surface area is 110 Å². The Balaban J connectivity index is 2.18. The number of hydrogen-bond donors (Lipinski definition) is 1. The highest BCUT2D eigenvalue weighted by molar-refractivity contribution is 5.33. The van der Waals surface area contributed by atoms with Gasteiger partial charge in [0.15, 0.2) is 0 Å². The molecule has 1 aromatic rings. The highest BCUT2D eigenvalue weighted by atomic mass is 16.5. The Morgan fingerprint density at radius 3 is 2.50 bits per heavy atom. The average Bonchev–Trinajstić information content (AvgIpc) is 2.32. The molecule has 0 aliphatic rings. The molecule has 1 aromatic carbocycles. The van der Waals surface area contributed by atoms with Crippen molar-refractivity contribution >= 4 is 0 Å². The van der Waals surface area contributed by atoms with Crippen LogP contribution in [0.15, 0.2) is 24.3 Å². The summed E-state index contributed by atoms with van der Waals surface area (Å²) in [5.74, 6) is 0.963.